The molecule has 1 saturated carbocycles. The van der Waals surface area contributed by atoms with Crippen LogP contribution in [-0.4, -0.2) is 61.7 Å². The number of rotatable bonds is 5. The van der Waals surface area contributed by atoms with Gasteiger partial charge in [-0.3, -0.25) is 9.69 Å². The zero-order chi connectivity index (χ0) is 26.3. The van der Waals surface area contributed by atoms with Crippen LogP contribution in [0.15, 0.2) is 6.07 Å². The first-order chi connectivity index (χ1) is 16.8. The summed E-state index contributed by atoms with van der Waals surface area (Å²) in [4.78, 5) is 25.7. The first-order valence-corrected chi connectivity index (χ1v) is 13.8. The highest BCUT2D eigenvalue weighted by molar-refractivity contribution is 7.92. The maximum absolute atomic E-state index is 15.5. The molecule has 12 heteroatoms. The number of ether oxygens (including phenoxy) is 1. The Morgan fingerprint density at radius 1 is 1.25 bits per heavy atom. The van der Waals surface area contributed by atoms with Crippen LogP contribution in [0.4, 0.5) is 14.9 Å². The third kappa shape index (κ3) is 6.03. The third-order valence-electron chi connectivity index (χ3n) is 6.98. The molecule has 0 bridgehead atoms. The maximum atomic E-state index is 15.5. The highest BCUT2D eigenvalue weighted by atomic mass is 32.2. The van der Waals surface area contributed by atoms with E-state index >= 15 is 4.39 Å². The third-order valence-corrected chi connectivity index (χ3v) is 8.36. The zero-order valence-electron chi connectivity index (χ0n) is 21.0. The van der Waals surface area contributed by atoms with E-state index in [0.717, 1.165) is 38.6 Å². The normalized spacial score (nSPS) is 24.2. The van der Waals surface area contributed by atoms with Gasteiger partial charge in [-0.15, -0.1) is 0 Å². The van der Waals surface area contributed by atoms with E-state index in [1.54, 1.807) is 4.72 Å². The van der Waals surface area contributed by atoms with E-state index < -0.39 is 45.5 Å². The molecule has 4 rings (SSSR count). The Bertz CT molecular complexity index is 1130. The highest BCUT2D eigenvalue weighted by Gasteiger charge is 2.39. The Kier molecular flexibility index (Phi) is 7.38. The smallest absolute Gasteiger partial charge is 0.407 e. The Hall–Kier alpha value is -2.60. The van der Waals surface area contributed by atoms with Gasteiger partial charge in [0, 0.05) is 24.7 Å². The molecule has 2 heterocycles. The SMILES string of the molecule is CC(C)(C)OC(=O)NC1CCC(CCN2CCc3cc(O)c(N4CC(=O)NS4(=O)=O)c(F)c3C2)CC1. The fourth-order valence-electron chi connectivity index (χ4n) is 5.20. The highest BCUT2D eigenvalue weighted by Crippen LogP contribution is 2.39. The number of alkyl carbamates (subject to hydrolysis) is 1. The van der Waals surface area contributed by atoms with Crippen molar-refractivity contribution in [3.63, 3.8) is 0 Å². The van der Waals surface area contributed by atoms with Gasteiger partial charge in [0.05, 0.1) is 0 Å². The van der Waals surface area contributed by atoms with Crippen LogP contribution in [0, 0.1) is 11.7 Å². The van der Waals surface area contributed by atoms with Gasteiger partial charge in [0.2, 0.25) is 0 Å². The van der Waals surface area contributed by atoms with Crippen molar-refractivity contribution in [2.24, 2.45) is 5.92 Å². The molecule has 1 saturated heterocycles. The van der Waals surface area contributed by atoms with E-state index in [9.17, 15) is 23.1 Å². The number of carbonyl (C=O) groups excluding carboxylic acids is 2. The summed E-state index contributed by atoms with van der Waals surface area (Å²) in [5, 5.41) is 13.3. The lowest BCUT2D eigenvalue weighted by molar-refractivity contribution is -0.117. The average Bonchev–Trinajstić information content (AvgIpc) is 3.03. The number of benzene rings is 1. The molecule has 0 atom stereocenters. The van der Waals surface area contributed by atoms with Gasteiger partial charge in [0.15, 0.2) is 5.82 Å². The van der Waals surface area contributed by atoms with Gasteiger partial charge in [-0.25, -0.2) is 18.2 Å². The number of hydrogen-bond acceptors (Lipinski definition) is 7. The fourth-order valence-corrected chi connectivity index (χ4v) is 6.36. The van der Waals surface area contributed by atoms with E-state index in [1.807, 2.05) is 20.8 Å². The molecular weight excluding hydrogens is 491 g/mol. The van der Waals surface area contributed by atoms with E-state index in [2.05, 4.69) is 10.2 Å². The van der Waals surface area contributed by atoms with Crippen LogP contribution in [0.5, 0.6) is 5.75 Å². The summed E-state index contributed by atoms with van der Waals surface area (Å²) in [6.45, 7) is 6.73. The summed E-state index contributed by atoms with van der Waals surface area (Å²) >= 11 is 0. The second-order valence-corrected chi connectivity index (χ2v) is 12.5. The van der Waals surface area contributed by atoms with Crippen LogP contribution in [0.3, 0.4) is 0 Å². The summed E-state index contributed by atoms with van der Waals surface area (Å²) in [5.41, 5.74) is -0.00192. The molecule has 1 aliphatic carbocycles. The van der Waals surface area contributed by atoms with Crippen molar-refractivity contribution >= 4 is 27.9 Å². The fraction of sp³-hybridized carbons (Fsp3) is 0.667. The molecule has 2 aliphatic heterocycles. The van der Waals surface area contributed by atoms with Crippen molar-refractivity contribution in [3.05, 3.63) is 23.0 Å². The summed E-state index contributed by atoms with van der Waals surface area (Å²) in [7, 11) is -4.23. The van der Waals surface area contributed by atoms with E-state index in [4.69, 9.17) is 4.74 Å². The number of anilines is 1. The molecule has 0 aromatic heterocycles. The standard InChI is InChI=1S/C24H35FN4O6S/c1-24(2,3)35-23(32)26-17-6-4-15(5-7-17)8-10-28-11-9-16-12-19(30)22(21(25)18(16)13-28)29-14-20(31)27-36(29,33)34/h12,15,17,30H,4-11,13-14H2,1-3H3,(H,26,32)(H,27,31). The summed E-state index contributed by atoms with van der Waals surface area (Å²) in [5.74, 6) is -1.56. The van der Waals surface area contributed by atoms with Crippen molar-refractivity contribution in [2.75, 3.05) is 23.9 Å². The number of hydrogen-bond donors (Lipinski definition) is 3. The first kappa shape index (κ1) is 26.5. The minimum Gasteiger partial charge on any atom is -0.506 e. The van der Waals surface area contributed by atoms with E-state index in [1.165, 1.54) is 6.07 Å². The number of nitrogens with zero attached hydrogens (tertiary/aromatic N) is 2. The Labute approximate surface area is 211 Å². The van der Waals surface area contributed by atoms with Gasteiger partial charge in [-0.05, 0) is 83.4 Å². The second-order valence-electron chi connectivity index (χ2n) is 10.9. The van der Waals surface area contributed by atoms with Crippen molar-refractivity contribution in [2.45, 2.75) is 77.5 Å². The van der Waals surface area contributed by atoms with Crippen LogP contribution in [0.25, 0.3) is 0 Å². The summed E-state index contributed by atoms with van der Waals surface area (Å²) in [6.07, 6.45) is 4.86. The van der Waals surface area contributed by atoms with Crippen molar-refractivity contribution in [1.29, 1.82) is 0 Å². The van der Waals surface area contributed by atoms with Crippen molar-refractivity contribution < 1.29 is 32.2 Å². The Morgan fingerprint density at radius 2 is 1.94 bits per heavy atom. The predicted molar refractivity (Wildman–Crippen MR) is 131 cm³/mol. The molecule has 10 nitrogen and oxygen atoms in total. The van der Waals surface area contributed by atoms with Gasteiger partial charge in [-0.1, -0.05) is 0 Å². The Morgan fingerprint density at radius 3 is 2.56 bits per heavy atom. The number of nitrogens with one attached hydrogen (secondary N) is 2. The molecular formula is C24H35FN4O6S. The molecule has 3 aliphatic rings. The van der Waals surface area contributed by atoms with Crippen molar-refractivity contribution in [3.8, 4) is 5.75 Å². The number of amides is 2. The topological polar surface area (TPSA) is 128 Å². The number of carbonyl (C=O) groups is 2. The molecule has 2 fully saturated rings. The van der Waals surface area contributed by atoms with E-state index in [0.29, 0.717) is 40.9 Å². The lowest BCUT2D eigenvalue weighted by Crippen LogP contribution is -2.41. The number of halogens is 1. The van der Waals surface area contributed by atoms with Crippen LogP contribution in [0.2, 0.25) is 0 Å². The minimum atomic E-state index is -4.23. The Balaban J connectivity index is 1.32. The second kappa shape index (κ2) is 10.0. The largest absolute Gasteiger partial charge is 0.506 e. The van der Waals surface area contributed by atoms with Gasteiger partial charge in [-0.2, -0.15) is 8.42 Å². The van der Waals surface area contributed by atoms with Crippen LogP contribution in [-0.2, 0) is 32.7 Å². The van der Waals surface area contributed by atoms with Gasteiger partial charge < -0.3 is 15.2 Å². The van der Waals surface area contributed by atoms with Gasteiger partial charge in [0.25, 0.3) is 5.91 Å². The number of aromatic hydroxyl groups is 1. The monoisotopic (exact) mass is 526 g/mol. The average molecular weight is 527 g/mol. The molecule has 200 valence electrons. The predicted octanol–water partition coefficient (Wildman–Crippen LogP) is 2.54. The van der Waals surface area contributed by atoms with Crippen LogP contribution >= 0.6 is 0 Å². The molecule has 36 heavy (non-hydrogen) atoms. The first-order valence-electron chi connectivity index (χ1n) is 12.4. The number of phenols is 1. The summed E-state index contributed by atoms with van der Waals surface area (Å²) < 4.78 is 47.6. The molecule has 1 aromatic carbocycles. The molecule has 3 N–H and O–H groups in total. The molecule has 2 amide bonds. The van der Waals surface area contributed by atoms with Gasteiger partial charge in [0.1, 0.15) is 23.6 Å². The van der Waals surface area contributed by atoms with Crippen LogP contribution in [0.1, 0.15) is 64.0 Å². The summed E-state index contributed by atoms with van der Waals surface area (Å²) in [6, 6.07) is 1.52. The van der Waals surface area contributed by atoms with Gasteiger partial charge >= 0.3 is 16.3 Å². The zero-order valence-corrected chi connectivity index (χ0v) is 21.8. The van der Waals surface area contributed by atoms with Crippen molar-refractivity contribution in [1.82, 2.24) is 14.9 Å². The van der Waals surface area contributed by atoms with E-state index in [-0.39, 0.29) is 12.1 Å². The molecule has 0 radical (unpaired) electrons. The number of phenolic OH excluding ortho intramolecular Hbond substituents is 1. The molecule has 0 spiro atoms. The molecule has 1 aromatic rings. The quantitative estimate of drug-likeness (QED) is 0.538. The molecule has 0 unspecified atom stereocenters. The lowest BCUT2D eigenvalue weighted by atomic mass is 9.84. The maximum Gasteiger partial charge on any atom is 0.407 e. The lowest BCUT2D eigenvalue weighted by Gasteiger charge is -2.33. The number of fused-ring (bicyclic) bond motifs is 1. The minimum absolute atomic E-state index is 0.112. The van der Waals surface area contributed by atoms with Crippen LogP contribution < -0.4 is 14.3 Å².